The van der Waals surface area contributed by atoms with Gasteiger partial charge in [0.15, 0.2) is 0 Å². The third-order valence-corrected chi connectivity index (χ3v) is 4.61. The van der Waals surface area contributed by atoms with Crippen molar-refractivity contribution in [3.05, 3.63) is 64.7 Å². The van der Waals surface area contributed by atoms with Crippen molar-refractivity contribution in [2.24, 2.45) is 0 Å². The van der Waals surface area contributed by atoms with Crippen LogP contribution >= 0.6 is 12.4 Å². The van der Waals surface area contributed by atoms with Crippen molar-refractivity contribution in [2.75, 3.05) is 7.11 Å². The fraction of sp³-hybridized carbons (Fsp3) is 0.294. The van der Waals surface area contributed by atoms with Gasteiger partial charge < -0.3 is 4.74 Å². The van der Waals surface area contributed by atoms with E-state index in [1.165, 1.54) is 22.3 Å². The van der Waals surface area contributed by atoms with E-state index in [0.717, 1.165) is 12.2 Å². The summed E-state index contributed by atoms with van der Waals surface area (Å²) in [6, 6.07) is 15.7. The number of ether oxygens (including phenoxy) is 1. The summed E-state index contributed by atoms with van der Waals surface area (Å²) in [6.45, 7) is 2.29. The molecule has 4 rings (SSSR count). The van der Waals surface area contributed by atoms with Gasteiger partial charge in [0, 0.05) is 6.04 Å². The van der Waals surface area contributed by atoms with Crippen molar-refractivity contribution < 1.29 is 4.74 Å². The second-order valence-corrected chi connectivity index (χ2v) is 5.64. The molecule has 2 aromatic carbocycles. The van der Waals surface area contributed by atoms with Crippen LogP contribution in [0.15, 0.2) is 42.5 Å². The second-order valence-electron chi connectivity index (χ2n) is 5.64. The van der Waals surface area contributed by atoms with Crippen molar-refractivity contribution in [1.82, 2.24) is 5.32 Å². The van der Waals surface area contributed by atoms with Crippen molar-refractivity contribution in [3.8, 4) is 5.75 Å². The van der Waals surface area contributed by atoms with E-state index in [-0.39, 0.29) is 17.9 Å². The lowest BCUT2D eigenvalue weighted by Gasteiger charge is -2.34. The first-order chi connectivity index (χ1) is 9.22. The number of halogens is 1. The number of nitrogens with one attached hydrogen (secondary N) is 1. The first-order valence-corrected chi connectivity index (χ1v) is 6.77. The summed E-state index contributed by atoms with van der Waals surface area (Å²) in [7, 11) is 1.73. The third-order valence-electron chi connectivity index (χ3n) is 4.61. The van der Waals surface area contributed by atoms with Crippen LogP contribution in [-0.4, -0.2) is 7.11 Å². The Hall–Kier alpha value is -1.51. The lowest BCUT2D eigenvalue weighted by Crippen LogP contribution is -2.41. The van der Waals surface area contributed by atoms with Crippen molar-refractivity contribution in [2.45, 2.75) is 24.9 Å². The Bertz CT molecular complexity index is 670. The van der Waals surface area contributed by atoms with Crippen LogP contribution in [0.2, 0.25) is 0 Å². The maximum atomic E-state index is 5.36. The van der Waals surface area contributed by atoms with Crippen molar-refractivity contribution in [3.63, 3.8) is 0 Å². The zero-order valence-corrected chi connectivity index (χ0v) is 12.5. The van der Waals surface area contributed by atoms with Crippen molar-refractivity contribution >= 4 is 12.4 Å². The zero-order valence-electron chi connectivity index (χ0n) is 11.6. The zero-order chi connectivity index (χ0) is 13.0. The molecule has 1 N–H and O–H groups in total. The maximum absolute atomic E-state index is 5.36. The molecule has 0 amide bonds. The summed E-state index contributed by atoms with van der Waals surface area (Å²) in [5, 5.41) is 3.78. The number of benzene rings is 2. The molecule has 104 valence electrons. The Morgan fingerprint density at radius 2 is 1.95 bits per heavy atom. The van der Waals surface area contributed by atoms with Gasteiger partial charge in [0.2, 0.25) is 0 Å². The fourth-order valence-electron chi connectivity index (χ4n) is 3.72. The van der Waals surface area contributed by atoms with Gasteiger partial charge in [-0.25, -0.2) is 0 Å². The molecule has 0 saturated heterocycles. The Balaban J connectivity index is 0.00000121. The number of fused-ring (bicyclic) bond motifs is 7. The molecule has 2 aliphatic rings. The summed E-state index contributed by atoms with van der Waals surface area (Å²) >= 11 is 0. The quantitative estimate of drug-likeness (QED) is 0.866. The van der Waals surface area contributed by atoms with Crippen LogP contribution in [0.4, 0.5) is 0 Å². The maximum Gasteiger partial charge on any atom is 0.119 e. The van der Waals surface area contributed by atoms with Crippen LogP contribution in [0, 0.1) is 0 Å². The topological polar surface area (TPSA) is 21.3 Å². The summed E-state index contributed by atoms with van der Waals surface area (Å²) in [5.74, 6) is 0.952. The molecule has 0 fully saturated rings. The van der Waals surface area contributed by atoms with Crippen LogP contribution < -0.4 is 10.1 Å². The Kier molecular flexibility index (Phi) is 3.03. The standard InChI is InChI=1S/C17H17NO.ClH/c1-17-14-8-7-12(19-2)9-11(14)10-16(18-17)13-5-3-4-6-15(13)17;/h3-9,16,18H,10H2,1-2H3;1H. The number of methoxy groups -OCH3 is 1. The minimum Gasteiger partial charge on any atom is -0.497 e. The van der Waals surface area contributed by atoms with E-state index >= 15 is 0 Å². The van der Waals surface area contributed by atoms with E-state index in [0.29, 0.717) is 6.04 Å². The summed E-state index contributed by atoms with van der Waals surface area (Å²) in [5.41, 5.74) is 5.60. The molecule has 0 spiro atoms. The van der Waals surface area contributed by atoms with Crippen LogP contribution in [0.5, 0.6) is 5.75 Å². The molecule has 2 nitrogen and oxygen atoms in total. The molecule has 2 aromatic rings. The lowest BCUT2D eigenvalue weighted by atomic mass is 9.82. The van der Waals surface area contributed by atoms with E-state index in [2.05, 4.69) is 54.7 Å². The normalized spacial score (nSPS) is 25.4. The second kappa shape index (κ2) is 4.51. The van der Waals surface area contributed by atoms with Gasteiger partial charge in [-0.2, -0.15) is 0 Å². The number of hydrogen-bond acceptors (Lipinski definition) is 2. The Labute approximate surface area is 125 Å². The highest BCUT2D eigenvalue weighted by Crippen LogP contribution is 2.48. The minimum absolute atomic E-state index is 0. The Morgan fingerprint density at radius 1 is 1.15 bits per heavy atom. The predicted octanol–water partition coefficient (Wildman–Crippen LogP) is 3.58. The molecular formula is C17H18ClNO. The smallest absolute Gasteiger partial charge is 0.119 e. The molecule has 2 atom stereocenters. The van der Waals surface area contributed by atoms with Gasteiger partial charge in [-0.3, -0.25) is 5.32 Å². The van der Waals surface area contributed by atoms with Crippen LogP contribution in [0.3, 0.4) is 0 Å². The molecule has 0 radical (unpaired) electrons. The summed E-state index contributed by atoms with van der Waals surface area (Å²) in [6.07, 6.45) is 1.04. The van der Waals surface area contributed by atoms with Crippen molar-refractivity contribution in [1.29, 1.82) is 0 Å². The molecule has 2 unspecified atom stereocenters. The van der Waals surface area contributed by atoms with E-state index in [9.17, 15) is 0 Å². The number of hydrogen-bond donors (Lipinski definition) is 1. The average molecular weight is 288 g/mol. The monoisotopic (exact) mass is 287 g/mol. The molecule has 3 heteroatoms. The summed E-state index contributed by atoms with van der Waals surface area (Å²) in [4.78, 5) is 0. The third kappa shape index (κ3) is 1.62. The highest BCUT2D eigenvalue weighted by atomic mass is 35.5. The van der Waals surface area contributed by atoms with Gasteiger partial charge in [0.25, 0.3) is 0 Å². The highest BCUT2D eigenvalue weighted by molar-refractivity contribution is 5.85. The van der Waals surface area contributed by atoms with Gasteiger partial charge in [-0.1, -0.05) is 30.3 Å². The van der Waals surface area contributed by atoms with E-state index in [4.69, 9.17) is 4.74 Å². The van der Waals surface area contributed by atoms with E-state index in [1.807, 2.05) is 0 Å². The van der Waals surface area contributed by atoms with Crippen LogP contribution in [-0.2, 0) is 12.0 Å². The predicted molar refractivity (Wildman–Crippen MR) is 82.7 cm³/mol. The molecule has 20 heavy (non-hydrogen) atoms. The molecular weight excluding hydrogens is 270 g/mol. The van der Waals surface area contributed by atoms with E-state index < -0.39 is 0 Å². The minimum atomic E-state index is -0.0544. The first-order valence-electron chi connectivity index (χ1n) is 6.77. The molecule has 2 heterocycles. The van der Waals surface area contributed by atoms with Gasteiger partial charge in [0.05, 0.1) is 12.6 Å². The largest absolute Gasteiger partial charge is 0.497 e. The number of rotatable bonds is 1. The van der Waals surface area contributed by atoms with Gasteiger partial charge in [-0.05, 0) is 47.7 Å². The molecule has 0 aliphatic carbocycles. The highest BCUT2D eigenvalue weighted by Gasteiger charge is 2.45. The molecule has 2 bridgehead atoms. The lowest BCUT2D eigenvalue weighted by molar-refractivity contribution is 0.382. The molecule has 2 aliphatic heterocycles. The van der Waals surface area contributed by atoms with Crippen LogP contribution in [0.25, 0.3) is 0 Å². The molecule has 0 aromatic heterocycles. The molecule has 0 saturated carbocycles. The average Bonchev–Trinajstić information content (AvgIpc) is 2.69. The SMILES string of the molecule is COc1ccc2c(c1)CC1NC2(C)c2ccccc21.Cl. The van der Waals surface area contributed by atoms with Crippen LogP contribution in [0.1, 0.15) is 35.2 Å². The van der Waals surface area contributed by atoms with E-state index in [1.54, 1.807) is 7.11 Å². The first kappa shape index (κ1) is 13.5. The fourth-order valence-corrected chi connectivity index (χ4v) is 3.72. The summed E-state index contributed by atoms with van der Waals surface area (Å²) < 4.78 is 5.36. The van der Waals surface area contributed by atoms with Gasteiger partial charge >= 0.3 is 0 Å². The van der Waals surface area contributed by atoms with Gasteiger partial charge in [-0.15, -0.1) is 12.4 Å². The van der Waals surface area contributed by atoms with Gasteiger partial charge in [0.1, 0.15) is 5.75 Å². The Morgan fingerprint density at radius 3 is 2.75 bits per heavy atom.